The summed E-state index contributed by atoms with van der Waals surface area (Å²) < 4.78 is 0. The Morgan fingerprint density at radius 2 is 1.75 bits per heavy atom. The molecule has 2 aromatic carbocycles. The number of piperazine rings is 1. The van der Waals surface area contributed by atoms with Crippen LogP contribution < -0.4 is 9.80 Å². The number of halogens is 1. The fourth-order valence-electron chi connectivity index (χ4n) is 4.02. The topological polar surface area (TPSA) is 85.4 Å². The smallest absolute Gasteiger partial charge is 0.307 e. The molecule has 3 heterocycles. The standard InChI is InChI=1S/C24H22ClN5O2/c25-18-4-7-20-21(14-18)28-24(27-20)17-3-8-22(26-15-17)30-11-9-29(10-12-30)19-5-1-16(2-6-19)13-23(31)32/h1-8,14-15H,9-13H2,(H,27,28)(H,31,32). The number of imidazole rings is 1. The molecule has 1 aliphatic rings. The number of nitrogens with zero attached hydrogens (tertiary/aromatic N) is 4. The van der Waals surface area contributed by atoms with Crippen molar-refractivity contribution in [2.75, 3.05) is 36.0 Å². The molecule has 7 nitrogen and oxygen atoms in total. The van der Waals surface area contributed by atoms with Gasteiger partial charge in [0.25, 0.3) is 0 Å². The van der Waals surface area contributed by atoms with Crippen molar-refractivity contribution in [1.29, 1.82) is 0 Å². The van der Waals surface area contributed by atoms with Gasteiger partial charge in [-0.1, -0.05) is 23.7 Å². The van der Waals surface area contributed by atoms with Gasteiger partial charge >= 0.3 is 5.97 Å². The van der Waals surface area contributed by atoms with Gasteiger partial charge in [-0.2, -0.15) is 0 Å². The molecule has 0 unspecified atom stereocenters. The van der Waals surface area contributed by atoms with Crippen molar-refractivity contribution in [2.45, 2.75) is 6.42 Å². The number of carboxylic acid groups (broad SMARTS) is 1. The van der Waals surface area contributed by atoms with Crippen molar-refractivity contribution in [3.8, 4) is 11.4 Å². The quantitative estimate of drug-likeness (QED) is 0.476. The number of aromatic nitrogens is 3. The molecule has 0 aliphatic carbocycles. The Bertz CT molecular complexity index is 1250. The van der Waals surface area contributed by atoms with E-state index in [0.717, 1.165) is 65.7 Å². The van der Waals surface area contributed by atoms with E-state index < -0.39 is 5.97 Å². The van der Waals surface area contributed by atoms with Crippen LogP contribution in [0, 0.1) is 0 Å². The van der Waals surface area contributed by atoms with Crippen molar-refractivity contribution in [2.24, 2.45) is 0 Å². The number of aromatic amines is 1. The lowest BCUT2D eigenvalue weighted by molar-refractivity contribution is -0.136. The second-order valence-electron chi connectivity index (χ2n) is 7.86. The zero-order valence-corrected chi connectivity index (χ0v) is 18.1. The predicted molar refractivity (Wildman–Crippen MR) is 127 cm³/mol. The summed E-state index contributed by atoms with van der Waals surface area (Å²) in [7, 11) is 0. The van der Waals surface area contributed by atoms with Crippen molar-refractivity contribution < 1.29 is 9.90 Å². The van der Waals surface area contributed by atoms with Crippen LogP contribution >= 0.6 is 11.6 Å². The maximum absolute atomic E-state index is 10.8. The average molecular weight is 448 g/mol. The molecular formula is C24H22ClN5O2. The lowest BCUT2D eigenvalue weighted by atomic mass is 10.1. The second kappa shape index (κ2) is 8.51. The fraction of sp³-hybridized carbons (Fsp3) is 0.208. The minimum absolute atomic E-state index is 0.0531. The van der Waals surface area contributed by atoms with Crippen LogP contribution in [-0.4, -0.2) is 52.2 Å². The first-order valence-corrected chi connectivity index (χ1v) is 10.9. The Labute approximate surface area is 190 Å². The summed E-state index contributed by atoms with van der Waals surface area (Å²) in [6.45, 7) is 3.50. The summed E-state index contributed by atoms with van der Waals surface area (Å²) in [5.41, 5.74) is 4.65. The molecule has 0 radical (unpaired) electrons. The minimum atomic E-state index is -0.811. The van der Waals surface area contributed by atoms with Gasteiger partial charge in [0.2, 0.25) is 0 Å². The number of hydrogen-bond acceptors (Lipinski definition) is 5. The third-order valence-corrected chi connectivity index (χ3v) is 5.96. The highest BCUT2D eigenvalue weighted by molar-refractivity contribution is 6.31. The number of carbonyl (C=O) groups is 1. The van der Waals surface area contributed by atoms with Crippen LogP contribution in [0.25, 0.3) is 22.4 Å². The van der Waals surface area contributed by atoms with Crippen molar-refractivity contribution in [3.63, 3.8) is 0 Å². The highest BCUT2D eigenvalue weighted by atomic mass is 35.5. The number of H-pyrrole nitrogens is 1. The Balaban J connectivity index is 1.23. The van der Waals surface area contributed by atoms with Crippen LogP contribution in [0.4, 0.5) is 11.5 Å². The maximum Gasteiger partial charge on any atom is 0.307 e. The molecule has 0 spiro atoms. The monoisotopic (exact) mass is 447 g/mol. The Hall–Kier alpha value is -3.58. The van der Waals surface area contributed by atoms with E-state index in [0.29, 0.717) is 5.02 Å². The SMILES string of the molecule is O=C(O)Cc1ccc(N2CCN(c3ccc(-c4nc5ccc(Cl)cc5[nH]4)cn3)CC2)cc1. The summed E-state index contributed by atoms with van der Waals surface area (Å²) in [6, 6.07) is 17.5. The van der Waals surface area contributed by atoms with E-state index in [4.69, 9.17) is 16.7 Å². The van der Waals surface area contributed by atoms with Gasteiger partial charge in [-0.25, -0.2) is 9.97 Å². The molecule has 1 aliphatic heterocycles. The summed E-state index contributed by atoms with van der Waals surface area (Å²) in [5, 5.41) is 9.59. The Morgan fingerprint density at radius 1 is 1.00 bits per heavy atom. The van der Waals surface area contributed by atoms with E-state index in [9.17, 15) is 4.79 Å². The van der Waals surface area contributed by atoms with Gasteiger partial charge in [0, 0.05) is 48.6 Å². The lowest BCUT2D eigenvalue weighted by Crippen LogP contribution is -2.46. The molecule has 2 aromatic heterocycles. The molecular weight excluding hydrogens is 426 g/mol. The second-order valence-corrected chi connectivity index (χ2v) is 8.30. The Kier molecular flexibility index (Phi) is 5.41. The molecule has 0 atom stereocenters. The molecule has 162 valence electrons. The lowest BCUT2D eigenvalue weighted by Gasteiger charge is -2.36. The molecule has 2 N–H and O–H groups in total. The normalized spacial score (nSPS) is 14.2. The van der Waals surface area contributed by atoms with Crippen LogP contribution in [0.1, 0.15) is 5.56 Å². The van der Waals surface area contributed by atoms with Gasteiger partial charge in [0.1, 0.15) is 11.6 Å². The summed E-state index contributed by atoms with van der Waals surface area (Å²) in [6.07, 6.45) is 1.90. The molecule has 4 aromatic rings. The number of fused-ring (bicyclic) bond motifs is 1. The minimum Gasteiger partial charge on any atom is -0.481 e. The number of carboxylic acids is 1. The summed E-state index contributed by atoms with van der Waals surface area (Å²) >= 11 is 6.06. The van der Waals surface area contributed by atoms with E-state index in [1.165, 1.54) is 0 Å². The number of anilines is 2. The number of benzene rings is 2. The van der Waals surface area contributed by atoms with Crippen molar-refractivity contribution >= 4 is 40.1 Å². The van der Waals surface area contributed by atoms with Crippen LogP contribution in [0.15, 0.2) is 60.8 Å². The van der Waals surface area contributed by atoms with Gasteiger partial charge in [-0.05, 0) is 48.0 Å². The molecule has 1 saturated heterocycles. The predicted octanol–water partition coefficient (Wildman–Crippen LogP) is 4.23. The zero-order valence-electron chi connectivity index (χ0n) is 17.3. The maximum atomic E-state index is 10.8. The van der Waals surface area contributed by atoms with Gasteiger partial charge in [0.15, 0.2) is 0 Å². The highest BCUT2D eigenvalue weighted by Crippen LogP contribution is 2.25. The first-order chi connectivity index (χ1) is 15.5. The van der Waals surface area contributed by atoms with Crippen LogP contribution in [0.5, 0.6) is 0 Å². The Morgan fingerprint density at radius 3 is 2.44 bits per heavy atom. The summed E-state index contributed by atoms with van der Waals surface area (Å²) in [4.78, 5) is 28.0. The molecule has 32 heavy (non-hydrogen) atoms. The number of pyridine rings is 1. The van der Waals surface area contributed by atoms with E-state index in [2.05, 4.69) is 24.8 Å². The molecule has 8 heteroatoms. The first kappa shape index (κ1) is 20.3. The summed E-state index contributed by atoms with van der Waals surface area (Å²) in [5.74, 6) is 0.913. The number of aliphatic carboxylic acids is 1. The van der Waals surface area contributed by atoms with Crippen LogP contribution in [0.2, 0.25) is 5.02 Å². The van der Waals surface area contributed by atoms with Crippen molar-refractivity contribution in [1.82, 2.24) is 15.0 Å². The van der Waals surface area contributed by atoms with E-state index in [-0.39, 0.29) is 6.42 Å². The number of nitrogens with one attached hydrogen (secondary N) is 1. The number of hydrogen-bond donors (Lipinski definition) is 2. The molecule has 0 saturated carbocycles. The van der Waals surface area contributed by atoms with E-state index in [1.807, 2.05) is 60.8 Å². The van der Waals surface area contributed by atoms with Gasteiger partial charge < -0.3 is 19.9 Å². The molecule has 1 fully saturated rings. The van der Waals surface area contributed by atoms with Crippen LogP contribution in [0.3, 0.4) is 0 Å². The first-order valence-electron chi connectivity index (χ1n) is 10.5. The van der Waals surface area contributed by atoms with Crippen molar-refractivity contribution in [3.05, 3.63) is 71.4 Å². The van der Waals surface area contributed by atoms with Gasteiger partial charge in [0.05, 0.1) is 17.5 Å². The zero-order chi connectivity index (χ0) is 22.1. The highest BCUT2D eigenvalue weighted by Gasteiger charge is 2.19. The van der Waals surface area contributed by atoms with E-state index >= 15 is 0 Å². The van der Waals surface area contributed by atoms with Crippen LogP contribution in [-0.2, 0) is 11.2 Å². The van der Waals surface area contributed by atoms with E-state index in [1.54, 1.807) is 0 Å². The third-order valence-electron chi connectivity index (χ3n) is 5.73. The average Bonchev–Trinajstić information content (AvgIpc) is 3.23. The largest absolute Gasteiger partial charge is 0.481 e. The fourth-order valence-corrected chi connectivity index (χ4v) is 4.20. The van der Waals surface area contributed by atoms with Gasteiger partial charge in [-0.3, -0.25) is 4.79 Å². The molecule has 0 amide bonds. The molecule has 5 rings (SSSR count). The molecule has 0 bridgehead atoms. The van der Waals surface area contributed by atoms with Gasteiger partial charge in [-0.15, -0.1) is 0 Å². The number of rotatable bonds is 5. The third kappa shape index (κ3) is 4.24.